The molecule has 3 N–H and O–H groups in total. The molecule has 0 atom stereocenters. The van der Waals surface area contributed by atoms with Gasteiger partial charge in [0.05, 0.1) is 18.5 Å². The van der Waals surface area contributed by atoms with Crippen molar-refractivity contribution in [3.05, 3.63) is 17.9 Å². The molecule has 1 aliphatic heterocycles. The number of nitrogen functional groups attached to an aromatic ring is 1. The van der Waals surface area contributed by atoms with Gasteiger partial charge in [-0.25, -0.2) is 4.39 Å². The van der Waals surface area contributed by atoms with Crippen LogP contribution in [-0.2, 0) is 4.79 Å². The molecule has 0 bridgehead atoms. The van der Waals surface area contributed by atoms with Crippen LogP contribution in [0.4, 0.5) is 15.8 Å². The first-order valence-corrected chi connectivity index (χ1v) is 6.76. The van der Waals surface area contributed by atoms with Crippen LogP contribution in [0.25, 0.3) is 0 Å². The molecule has 0 radical (unpaired) electrons. The molecule has 0 unspecified atom stereocenters. The molecule has 1 heterocycles. The fourth-order valence-corrected chi connectivity index (χ4v) is 2.31. The van der Waals surface area contributed by atoms with E-state index < -0.39 is 5.82 Å². The first kappa shape index (κ1) is 14.4. The van der Waals surface area contributed by atoms with E-state index >= 15 is 0 Å². The second-order valence-electron chi connectivity index (χ2n) is 4.84. The summed E-state index contributed by atoms with van der Waals surface area (Å²) >= 11 is 0. The van der Waals surface area contributed by atoms with Gasteiger partial charge in [-0.05, 0) is 12.8 Å². The average Bonchev–Trinajstić information content (AvgIpc) is 2.95. The Kier molecular flexibility index (Phi) is 4.65. The molecule has 5 nitrogen and oxygen atoms in total. The smallest absolute Gasteiger partial charge is 0.224 e. The molecule has 0 spiro atoms. The SMILES string of the molecule is COc1cc(NCCC(=O)N2CCCC2)c(F)cc1N. The summed E-state index contributed by atoms with van der Waals surface area (Å²) in [6, 6.07) is 2.72. The summed E-state index contributed by atoms with van der Waals surface area (Å²) in [5.41, 5.74) is 6.16. The minimum atomic E-state index is -0.447. The number of nitrogens with one attached hydrogen (secondary N) is 1. The number of ether oxygens (including phenoxy) is 1. The molecule has 2 rings (SSSR count). The van der Waals surface area contributed by atoms with Crippen molar-refractivity contribution in [2.75, 3.05) is 37.8 Å². The third-order valence-corrected chi connectivity index (χ3v) is 3.43. The molecular formula is C14H20FN3O2. The minimum absolute atomic E-state index is 0.109. The second kappa shape index (κ2) is 6.45. The molecule has 20 heavy (non-hydrogen) atoms. The van der Waals surface area contributed by atoms with E-state index in [-0.39, 0.29) is 11.6 Å². The van der Waals surface area contributed by atoms with Crippen molar-refractivity contribution >= 4 is 17.3 Å². The lowest BCUT2D eigenvalue weighted by molar-refractivity contribution is -0.129. The van der Waals surface area contributed by atoms with Crippen LogP contribution in [0.1, 0.15) is 19.3 Å². The fourth-order valence-electron chi connectivity index (χ4n) is 2.31. The van der Waals surface area contributed by atoms with E-state index in [0.717, 1.165) is 25.9 Å². The maximum Gasteiger partial charge on any atom is 0.224 e. The van der Waals surface area contributed by atoms with Gasteiger partial charge in [-0.15, -0.1) is 0 Å². The maximum absolute atomic E-state index is 13.7. The van der Waals surface area contributed by atoms with E-state index in [9.17, 15) is 9.18 Å². The summed E-state index contributed by atoms with van der Waals surface area (Å²) in [7, 11) is 1.48. The van der Waals surface area contributed by atoms with Gasteiger partial charge in [-0.3, -0.25) is 4.79 Å². The van der Waals surface area contributed by atoms with Gasteiger partial charge in [-0.2, -0.15) is 0 Å². The highest BCUT2D eigenvalue weighted by molar-refractivity contribution is 5.77. The molecule has 1 aliphatic rings. The Hall–Kier alpha value is -1.98. The minimum Gasteiger partial charge on any atom is -0.495 e. The van der Waals surface area contributed by atoms with Crippen LogP contribution in [0.5, 0.6) is 5.75 Å². The Bertz CT molecular complexity index is 488. The molecular weight excluding hydrogens is 261 g/mol. The molecule has 1 aromatic carbocycles. The number of carbonyl (C=O) groups is 1. The normalized spacial score (nSPS) is 14.4. The number of nitrogens with zero attached hydrogens (tertiary/aromatic N) is 1. The number of rotatable bonds is 5. The number of halogens is 1. The monoisotopic (exact) mass is 281 g/mol. The molecule has 6 heteroatoms. The van der Waals surface area contributed by atoms with E-state index in [1.807, 2.05) is 4.90 Å². The van der Waals surface area contributed by atoms with Crippen LogP contribution in [0, 0.1) is 5.82 Å². The third-order valence-electron chi connectivity index (χ3n) is 3.43. The van der Waals surface area contributed by atoms with Crippen LogP contribution in [0.15, 0.2) is 12.1 Å². The number of anilines is 2. The molecule has 1 fully saturated rings. The van der Waals surface area contributed by atoms with Crippen LogP contribution in [0.3, 0.4) is 0 Å². The first-order chi connectivity index (χ1) is 9.61. The van der Waals surface area contributed by atoms with Crippen LogP contribution in [-0.4, -0.2) is 37.6 Å². The second-order valence-corrected chi connectivity index (χ2v) is 4.84. The van der Waals surface area contributed by atoms with Gasteiger partial charge in [-0.1, -0.05) is 0 Å². The Labute approximate surface area is 117 Å². The third kappa shape index (κ3) is 3.31. The van der Waals surface area contributed by atoms with Gasteiger partial charge < -0.3 is 20.7 Å². The number of hydrogen-bond donors (Lipinski definition) is 2. The van der Waals surface area contributed by atoms with Gasteiger partial charge >= 0.3 is 0 Å². The Morgan fingerprint density at radius 3 is 2.80 bits per heavy atom. The highest BCUT2D eigenvalue weighted by Crippen LogP contribution is 2.28. The van der Waals surface area contributed by atoms with Gasteiger partial charge in [0.15, 0.2) is 0 Å². The summed E-state index contributed by atoms with van der Waals surface area (Å²) < 4.78 is 18.7. The molecule has 0 saturated carbocycles. The molecule has 110 valence electrons. The van der Waals surface area contributed by atoms with Crippen molar-refractivity contribution in [1.82, 2.24) is 4.90 Å². The number of hydrogen-bond acceptors (Lipinski definition) is 4. The molecule has 0 aromatic heterocycles. The quantitative estimate of drug-likeness (QED) is 0.808. The number of nitrogens with two attached hydrogens (primary N) is 1. The molecule has 1 saturated heterocycles. The number of likely N-dealkylation sites (tertiary alicyclic amines) is 1. The largest absolute Gasteiger partial charge is 0.495 e. The molecule has 1 amide bonds. The Balaban J connectivity index is 1.88. The van der Waals surface area contributed by atoms with Crippen molar-refractivity contribution in [2.24, 2.45) is 0 Å². The zero-order valence-electron chi connectivity index (χ0n) is 11.6. The highest BCUT2D eigenvalue weighted by Gasteiger charge is 2.17. The van der Waals surface area contributed by atoms with Crippen molar-refractivity contribution in [1.29, 1.82) is 0 Å². The van der Waals surface area contributed by atoms with E-state index in [1.165, 1.54) is 19.2 Å². The van der Waals surface area contributed by atoms with E-state index in [4.69, 9.17) is 10.5 Å². The lowest BCUT2D eigenvalue weighted by Crippen LogP contribution is -2.29. The lowest BCUT2D eigenvalue weighted by Gasteiger charge is -2.16. The fraction of sp³-hybridized carbons (Fsp3) is 0.500. The number of benzene rings is 1. The van der Waals surface area contributed by atoms with Crippen molar-refractivity contribution in [3.63, 3.8) is 0 Å². The van der Waals surface area contributed by atoms with Gasteiger partial charge in [0.2, 0.25) is 5.91 Å². The predicted molar refractivity (Wildman–Crippen MR) is 76.3 cm³/mol. The summed E-state index contributed by atoms with van der Waals surface area (Å²) in [5.74, 6) is 0.0782. The molecule has 0 aliphatic carbocycles. The standard InChI is InChI=1S/C14H20FN3O2/c1-20-13-9-12(10(15)8-11(13)16)17-5-4-14(19)18-6-2-3-7-18/h8-9,17H,2-7,16H2,1H3. The van der Waals surface area contributed by atoms with Gasteiger partial charge in [0, 0.05) is 38.2 Å². The number of amides is 1. The van der Waals surface area contributed by atoms with E-state index in [1.54, 1.807) is 0 Å². The average molecular weight is 281 g/mol. The van der Waals surface area contributed by atoms with Gasteiger partial charge in [0.1, 0.15) is 11.6 Å². The van der Waals surface area contributed by atoms with E-state index in [2.05, 4.69) is 5.32 Å². The summed E-state index contributed by atoms with van der Waals surface area (Å²) in [6.45, 7) is 2.06. The van der Waals surface area contributed by atoms with Gasteiger partial charge in [0.25, 0.3) is 0 Å². The number of methoxy groups -OCH3 is 1. The van der Waals surface area contributed by atoms with Crippen molar-refractivity contribution in [2.45, 2.75) is 19.3 Å². The lowest BCUT2D eigenvalue weighted by atomic mass is 10.2. The van der Waals surface area contributed by atoms with Crippen molar-refractivity contribution in [3.8, 4) is 5.75 Å². The highest BCUT2D eigenvalue weighted by atomic mass is 19.1. The predicted octanol–water partition coefficient (Wildman–Crippen LogP) is 1.84. The van der Waals surface area contributed by atoms with Crippen molar-refractivity contribution < 1.29 is 13.9 Å². The number of carbonyl (C=O) groups excluding carboxylic acids is 1. The first-order valence-electron chi connectivity index (χ1n) is 6.76. The zero-order chi connectivity index (χ0) is 14.5. The molecule has 1 aromatic rings. The Morgan fingerprint density at radius 2 is 2.15 bits per heavy atom. The van der Waals surface area contributed by atoms with Crippen LogP contribution >= 0.6 is 0 Å². The van der Waals surface area contributed by atoms with E-state index in [0.29, 0.717) is 24.4 Å². The topological polar surface area (TPSA) is 67.6 Å². The summed E-state index contributed by atoms with van der Waals surface area (Å²) in [6.07, 6.45) is 2.50. The van der Waals surface area contributed by atoms with Crippen LogP contribution in [0.2, 0.25) is 0 Å². The maximum atomic E-state index is 13.7. The Morgan fingerprint density at radius 1 is 1.45 bits per heavy atom. The summed E-state index contributed by atoms with van der Waals surface area (Å²) in [5, 5.41) is 2.91. The van der Waals surface area contributed by atoms with Crippen LogP contribution < -0.4 is 15.8 Å². The zero-order valence-corrected chi connectivity index (χ0v) is 11.6. The summed E-state index contributed by atoms with van der Waals surface area (Å²) in [4.78, 5) is 13.7.